The van der Waals surface area contributed by atoms with Gasteiger partial charge in [0.15, 0.2) is 11.5 Å². The highest BCUT2D eigenvalue weighted by Gasteiger charge is 2.17. The highest BCUT2D eigenvalue weighted by atomic mass is 35.5. The first-order chi connectivity index (χ1) is 15.5. The van der Waals surface area contributed by atoms with Gasteiger partial charge in [-0.05, 0) is 48.5 Å². The Balaban J connectivity index is 1.53. The lowest BCUT2D eigenvalue weighted by atomic mass is 10.2. The monoisotopic (exact) mass is 456 g/mol. The number of benzene rings is 2. The molecule has 10 heteroatoms. The fraction of sp³-hybridized carbons (Fsp3) is 0.136. The molecule has 1 amide bonds. The van der Waals surface area contributed by atoms with Crippen molar-refractivity contribution in [1.29, 1.82) is 0 Å². The second kappa shape index (κ2) is 9.11. The third-order valence-electron chi connectivity index (χ3n) is 4.64. The molecule has 0 aliphatic rings. The molecule has 0 saturated carbocycles. The number of carbonyl (C=O) groups is 1. The number of anilines is 1. The van der Waals surface area contributed by atoms with Crippen molar-refractivity contribution in [3.63, 3.8) is 0 Å². The van der Waals surface area contributed by atoms with Crippen molar-refractivity contribution < 1.29 is 23.2 Å². The maximum atomic E-state index is 13.9. The van der Waals surface area contributed by atoms with Crippen LogP contribution in [-0.2, 0) is 11.3 Å². The van der Waals surface area contributed by atoms with E-state index in [1.807, 2.05) is 0 Å². The smallest absolute Gasteiger partial charge is 0.274 e. The summed E-state index contributed by atoms with van der Waals surface area (Å²) in [6, 6.07) is 12.8. The average molecular weight is 457 g/mol. The average Bonchev–Trinajstić information content (AvgIpc) is 3.44. The molecule has 8 nitrogen and oxygen atoms in total. The van der Waals surface area contributed by atoms with Gasteiger partial charge in [0.2, 0.25) is 11.7 Å². The summed E-state index contributed by atoms with van der Waals surface area (Å²) in [5.41, 5.74) is 1.25. The first-order valence-corrected chi connectivity index (χ1v) is 9.83. The van der Waals surface area contributed by atoms with Gasteiger partial charge < -0.3 is 23.9 Å². The molecular weight excluding hydrogens is 439 g/mol. The van der Waals surface area contributed by atoms with Gasteiger partial charge in [-0.25, -0.2) is 4.39 Å². The molecule has 0 saturated heterocycles. The van der Waals surface area contributed by atoms with Crippen molar-refractivity contribution in [3.05, 3.63) is 65.6 Å². The minimum Gasteiger partial charge on any atom is -0.493 e. The molecule has 164 valence electrons. The Morgan fingerprint density at radius 1 is 1.16 bits per heavy atom. The molecular formula is C22H18ClFN4O4. The number of aromatic nitrogens is 3. The van der Waals surface area contributed by atoms with Crippen molar-refractivity contribution in [2.75, 3.05) is 19.5 Å². The molecule has 0 fully saturated rings. The topological polar surface area (TPSA) is 91.4 Å². The van der Waals surface area contributed by atoms with Crippen LogP contribution in [0.15, 0.2) is 59.3 Å². The van der Waals surface area contributed by atoms with E-state index >= 15 is 0 Å². The quantitative estimate of drug-likeness (QED) is 0.435. The number of methoxy groups -OCH3 is 2. The highest BCUT2D eigenvalue weighted by molar-refractivity contribution is 6.30. The highest BCUT2D eigenvalue weighted by Crippen LogP contribution is 2.32. The van der Waals surface area contributed by atoms with Gasteiger partial charge in [-0.1, -0.05) is 16.8 Å². The predicted octanol–water partition coefficient (Wildman–Crippen LogP) is 4.65. The molecule has 2 aromatic heterocycles. The number of nitrogens with zero attached hydrogens (tertiary/aromatic N) is 3. The van der Waals surface area contributed by atoms with E-state index in [1.165, 1.54) is 19.2 Å². The molecule has 1 N–H and O–H groups in total. The van der Waals surface area contributed by atoms with Gasteiger partial charge >= 0.3 is 0 Å². The molecule has 0 bridgehead atoms. The van der Waals surface area contributed by atoms with Gasteiger partial charge in [-0.15, -0.1) is 0 Å². The summed E-state index contributed by atoms with van der Waals surface area (Å²) in [6.07, 6.45) is 1.69. The van der Waals surface area contributed by atoms with E-state index in [0.717, 1.165) is 6.07 Å². The molecule has 4 rings (SSSR count). The molecule has 2 heterocycles. The minimum atomic E-state index is -0.616. The van der Waals surface area contributed by atoms with Crippen LogP contribution >= 0.6 is 11.6 Å². The minimum absolute atomic E-state index is 0.0432. The van der Waals surface area contributed by atoms with Crippen LogP contribution in [0.2, 0.25) is 5.02 Å². The van der Waals surface area contributed by atoms with Gasteiger partial charge in [-0.3, -0.25) is 4.79 Å². The molecule has 0 aliphatic carbocycles. The largest absolute Gasteiger partial charge is 0.493 e. The van der Waals surface area contributed by atoms with Crippen molar-refractivity contribution in [1.82, 2.24) is 14.7 Å². The number of carbonyl (C=O) groups excluding carboxylic acids is 1. The van der Waals surface area contributed by atoms with Gasteiger partial charge in [0.05, 0.1) is 19.9 Å². The Kier molecular flexibility index (Phi) is 6.09. The van der Waals surface area contributed by atoms with Crippen LogP contribution in [0.25, 0.3) is 23.0 Å². The zero-order chi connectivity index (χ0) is 22.7. The van der Waals surface area contributed by atoms with Gasteiger partial charge in [-0.2, -0.15) is 4.98 Å². The number of hydrogen-bond donors (Lipinski definition) is 1. The fourth-order valence-electron chi connectivity index (χ4n) is 3.10. The van der Waals surface area contributed by atoms with Crippen LogP contribution in [-0.4, -0.2) is 34.8 Å². The molecule has 4 aromatic rings. The molecule has 2 aromatic carbocycles. The number of amides is 1. The summed E-state index contributed by atoms with van der Waals surface area (Å²) in [5.74, 6) is 0.646. The first kappa shape index (κ1) is 21.4. The first-order valence-electron chi connectivity index (χ1n) is 9.45. The lowest BCUT2D eigenvalue weighted by molar-refractivity contribution is -0.116. The summed E-state index contributed by atoms with van der Waals surface area (Å²) in [6.45, 7) is -0.0848. The number of halogens is 2. The normalized spacial score (nSPS) is 10.8. The van der Waals surface area contributed by atoms with Crippen LogP contribution in [0.1, 0.15) is 0 Å². The third kappa shape index (κ3) is 4.42. The van der Waals surface area contributed by atoms with Gasteiger partial charge in [0, 0.05) is 16.8 Å². The lowest BCUT2D eigenvalue weighted by Crippen LogP contribution is -2.19. The van der Waals surface area contributed by atoms with Crippen molar-refractivity contribution in [2.45, 2.75) is 6.54 Å². The molecule has 0 aliphatic heterocycles. The van der Waals surface area contributed by atoms with E-state index in [0.29, 0.717) is 28.6 Å². The fourth-order valence-corrected chi connectivity index (χ4v) is 3.26. The van der Waals surface area contributed by atoms with Crippen LogP contribution in [0.3, 0.4) is 0 Å². The SMILES string of the molecule is COc1ccc(-c2noc(-c3cccn3CC(=O)Nc3ccc(Cl)cc3F)n2)cc1OC. The Morgan fingerprint density at radius 2 is 1.97 bits per heavy atom. The van der Waals surface area contributed by atoms with E-state index in [4.69, 9.17) is 25.6 Å². The summed E-state index contributed by atoms with van der Waals surface area (Å²) in [4.78, 5) is 16.9. The maximum absolute atomic E-state index is 13.9. The van der Waals surface area contributed by atoms with E-state index in [1.54, 1.807) is 48.2 Å². The zero-order valence-electron chi connectivity index (χ0n) is 17.1. The Bertz CT molecular complexity index is 1270. The summed E-state index contributed by atoms with van der Waals surface area (Å²) in [7, 11) is 3.09. The number of nitrogens with one attached hydrogen (secondary N) is 1. The molecule has 0 unspecified atom stereocenters. The van der Waals surface area contributed by atoms with Gasteiger partial charge in [0.1, 0.15) is 18.1 Å². The van der Waals surface area contributed by atoms with Gasteiger partial charge in [0.25, 0.3) is 5.89 Å². The Morgan fingerprint density at radius 3 is 2.72 bits per heavy atom. The van der Waals surface area contributed by atoms with Crippen LogP contribution in [0, 0.1) is 5.82 Å². The molecule has 32 heavy (non-hydrogen) atoms. The molecule has 0 spiro atoms. The number of rotatable bonds is 7. The molecule has 0 atom stereocenters. The van der Waals surface area contributed by atoms with Crippen LogP contribution in [0.4, 0.5) is 10.1 Å². The maximum Gasteiger partial charge on any atom is 0.274 e. The second-order valence-corrected chi connectivity index (χ2v) is 7.12. The van der Waals surface area contributed by atoms with E-state index in [2.05, 4.69) is 15.5 Å². The Hall–Kier alpha value is -3.85. The van der Waals surface area contributed by atoms with Crippen LogP contribution < -0.4 is 14.8 Å². The lowest BCUT2D eigenvalue weighted by Gasteiger charge is -2.09. The van der Waals surface area contributed by atoms with E-state index in [9.17, 15) is 9.18 Å². The number of hydrogen-bond acceptors (Lipinski definition) is 6. The van der Waals surface area contributed by atoms with Crippen molar-refractivity contribution in [2.24, 2.45) is 0 Å². The van der Waals surface area contributed by atoms with Crippen molar-refractivity contribution >= 4 is 23.2 Å². The standard InChI is InChI=1S/C22H18ClFN4O4/c1-30-18-8-5-13(10-19(18)31-2)21-26-22(32-27-21)17-4-3-9-28(17)12-20(29)25-16-7-6-14(23)11-15(16)24/h3-11H,12H2,1-2H3,(H,25,29). The summed E-state index contributed by atoms with van der Waals surface area (Å²) in [5, 5.41) is 6.79. The molecule has 0 radical (unpaired) electrons. The van der Waals surface area contributed by atoms with E-state index in [-0.39, 0.29) is 23.1 Å². The van der Waals surface area contributed by atoms with E-state index < -0.39 is 11.7 Å². The number of ether oxygens (including phenoxy) is 2. The summed E-state index contributed by atoms with van der Waals surface area (Å²) < 4.78 is 31.5. The van der Waals surface area contributed by atoms with Crippen molar-refractivity contribution in [3.8, 4) is 34.5 Å². The predicted molar refractivity (Wildman–Crippen MR) is 116 cm³/mol. The van der Waals surface area contributed by atoms with Crippen LogP contribution in [0.5, 0.6) is 11.5 Å². The second-order valence-electron chi connectivity index (χ2n) is 6.69. The zero-order valence-corrected chi connectivity index (χ0v) is 17.9. The summed E-state index contributed by atoms with van der Waals surface area (Å²) >= 11 is 5.74. The Labute approximate surface area is 187 Å². The third-order valence-corrected chi connectivity index (χ3v) is 4.87.